The van der Waals surface area contributed by atoms with Crippen LogP contribution in [0.4, 0.5) is 0 Å². The summed E-state index contributed by atoms with van der Waals surface area (Å²) in [5.41, 5.74) is 0. The Morgan fingerprint density at radius 1 is 1.38 bits per heavy atom. The fraction of sp³-hybridized carbons (Fsp3) is 0. The number of halogens is 1. The van der Waals surface area contributed by atoms with E-state index in [1.54, 1.807) is 11.3 Å². The van der Waals surface area contributed by atoms with Gasteiger partial charge in [-0.05, 0) is 18.2 Å². The largest absolute Gasteiger partial charge is 0.135 e. The van der Waals surface area contributed by atoms with E-state index in [2.05, 4.69) is 6.07 Å². The van der Waals surface area contributed by atoms with Gasteiger partial charge < -0.3 is 0 Å². The fourth-order valence-corrected chi connectivity index (χ4v) is 1.98. The van der Waals surface area contributed by atoms with Crippen molar-refractivity contribution in [1.29, 1.82) is 0 Å². The molecule has 0 aliphatic carbocycles. The molecule has 2 bridgehead atoms. The van der Waals surface area contributed by atoms with Crippen molar-refractivity contribution < 1.29 is 0 Å². The molecule has 0 N–H and O–H groups in total. The average molecular weight is 143 g/mol. The molecule has 0 aromatic carbocycles. The summed E-state index contributed by atoms with van der Waals surface area (Å²) in [5, 5.41) is 0.896. The second-order valence-electron chi connectivity index (χ2n) is 1.69. The van der Waals surface area contributed by atoms with E-state index >= 15 is 0 Å². The zero-order chi connectivity index (χ0) is 5.56. The molecule has 0 nitrogen and oxygen atoms in total. The first-order valence-corrected chi connectivity index (χ1v) is 3.53. The minimum atomic E-state index is 0.896. The van der Waals surface area contributed by atoms with E-state index in [-0.39, 0.29) is 0 Å². The molecule has 2 aromatic rings. The Labute approximate surface area is 56.0 Å². The van der Waals surface area contributed by atoms with Crippen molar-refractivity contribution >= 4 is 32.3 Å². The third-order valence-electron chi connectivity index (χ3n) is 1.13. The van der Waals surface area contributed by atoms with Gasteiger partial charge in [0, 0.05) is 9.40 Å². The van der Waals surface area contributed by atoms with Crippen LogP contribution in [0.1, 0.15) is 0 Å². The van der Waals surface area contributed by atoms with Crippen LogP contribution in [0.2, 0.25) is 5.02 Å². The standard InChI is InChI=1S/C6H3ClS/c7-5-3-4-1-2-6(5)8-4/h1-3H. The lowest BCUT2D eigenvalue weighted by Crippen LogP contribution is -1.51. The fourth-order valence-electron chi connectivity index (χ4n) is 0.755. The summed E-state index contributed by atoms with van der Waals surface area (Å²) in [5.74, 6) is 0. The van der Waals surface area contributed by atoms with Crippen LogP contribution >= 0.6 is 22.9 Å². The predicted octanol–water partition coefficient (Wildman–Crippen LogP) is 2.99. The second kappa shape index (κ2) is 1.36. The summed E-state index contributed by atoms with van der Waals surface area (Å²) in [6.07, 6.45) is 0. The van der Waals surface area contributed by atoms with Gasteiger partial charge in [-0.1, -0.05) is 11.6 Å². The Morgan fingerprint density at radius 2 is 2.25 bits per heavy atom. The topological polar surface area (TPSA) is 0 Å². The smallest absolute Gasteiger partial charge is 0.0592 e. The molecule has 0 unspecified atom stereocenters. The highest BCUT2D eigenvalue weighted by Gasteiger charge is 1.99. The Hall–Kier alpha value is -0.270. The number of thiophene rings is 2. The van der Waals surface area contributed by atoms with Gasteiger partial charge in [-0.25, -0.2) is 0 Å². The molecule has 0 saturated heterocycles. The molecular formula is C6H3ClS. The van der Waals surface area contributed by atoms with E-state index in [1.165, 1.54) is 9.40 Å². The van der Waals surface area contributed by atoms with Crippen LogP contribution in [0, 0.1) is 0 Å². The van der Waals surface area contributed by atoms with Crippen molar-refractivity contribution in [3.63, 3.8) is 0 Å². The Morgan fingerprint density at radius 3 is 2.50 bits per heavy atom. The molecule has 0 aliphatic heterocycles. The summed E-state index contributed by atoms with van der Waals surface area (Å²) < 4.78 is 2.46. The molecule has 2 heteroatoms. The van der Waals surface area contributed by atoms with E-state index in [0.29, 0.717) is 0 Å². The summed E-state index contributed by atoms with van der Waals surface area (Å²) >= 11 is 7.48. The zero-order valence-electron chi connectivity index (χ0n) is 4.02. The monoisotopic (exact) mass is 142 g/mol. The first-order valence-electron chi connectivity index (χ1n) is 2.34. The molecule has 2 aromatic heterocycles. The molecule has 2 rings (SSSR count). The average Bonchev–Trinajstić information content (AvgIpc) is 2.23. The van der Waals surface area contributed by atoms with E-state index < -0.39 is 0 Å². The first-order chi connectivity index (χ1) is 3.86. The third kappa shape index (κ3) is 0.458. The molecule has 8 heavy (non-hydrogen) atoms. The van der Waals surface area contributed by atoms with Crippen LogP contribution in [0.15, 0.2) is 18.2 Å². The number of hydrogen-bond acceptors (Lipinski definition) is 1. The first kappa shape index (κ1) is 4.59. The number of benzene rings is 1. The van der Waals surface area contributed by atoms with Gasteiger partial charge in [-0.15, -0.1) is 11.3 Å². The van der Waals surface area contributed by atoms with E-state index in [9.17, 15) is 0 Å². The van der Waals surface area contributed by atoms with Gasteiger partial charge in [0.1, 0.15) is 0 Å². The van der Waals surface area contributed by atoms with Crippen LogP contribution in [-0.2, 0) is 0 Å². The normalized spacial score (nSPS) is 11.1. The molecule has 0 saturated carbocycles. The van der Waals surface area contributed by atoms with E-state index in [0.717, 1.165) is 5.02 Å². The van der Waals surface area contributed by atoms with E-state index in [4.69, 9.17) is 11.6 Å². The lowest BCUT2D eigenvalue weighted by molar-refractivity contribution is 1.96. The van der Waals surface area contributed by atoms with Crippen molar-refractivity contribution in [1.82, 2.24) is 0 Å². The molecule has 0 spiro atoms. The van der Waals surface area contributed by atoms with Gasteiger partial charge in [0.05, 0.1) is 5.02 Å². The van der Waals surface area contributed by atoms with Gasteiger partial charge >= 0.3 is 0 Å². The molecule has 2 heterocycles. The van der Waals surface area contributed by atoms with Gasteiger partial charge in [-0.2, -0.15) is 0 Å². The Bertz CT molecular complexity index is 286. The lowest BCUT2D eigenvalue weighted by atomic mass is 10.4. The Balaban J connectivity index is 3.02. The maximum atomic E-state index is 5.74. The highest BCUT2D eigenvalue weighted by atomic mass is 35.5. The van der Waals surface area contributed by atoms with Gasteiger partial charge in [-0.3, -0.25) is 0 Å². The number of fused-ring (bicyclic) bond motifs is 2. The summed E-state index contributed by atoms with van der Waals surface area (Å²) in [6.45, 7) is 0. The SMILES string of the molecule is Clc1cc2ccc1s2. The maximum Gasteiger partial charge on any atom is 0.0592 e. The summed E-state index contributed by atoms with van der Waals surface area (Å²) in [4.78, 5) is 0. The van der Waals surface area contributed by atoms with Crippen molar-refractivity contribution in [2.24, 2.45) is 0 Å². The van der Waals surface area contributed by atoms with Crippen molar-refractivity contribution in [3.8, 4) is 0 Å². The van der Waals surface area contributed by atoms with Crippen LogP contribution in [0.5, 0.6) is 0 Å². The van der Waals surface area contributed by atoms with Gasteiger partial charge in [0.25, 0.3) is 0 Å². The summed E-state index contributed by atoms with van der Waals surface area (Å²) in [7, 11) is 0. The molecule has 0 atom stereocenters. The number of rotatable bonds is 0. The minimum absolute atomic E-state index is 0.896. The lowest BCUT2D eigenvalue weighted by Gasteiger charge is -1.76. The van der Waals surface area contributed by atoms with Crippen molar-refractivity contribution in [2.75, 3.05) is 0 Å². The minimum Gasteiger partial charge on any atom is -0.135 e. The van der Waals surface area contributed by atoms with Crippen LogP contribution in [-0.4, -0.2) is 0 Å². The third-order valence-corrected chi connectivity index (χ3v) is 2.62. The van der Waals surface area contributed by atoms with Gasteiger partial charge in [0.15, 0.2) is 0 Å². The zero-order valence-corrected chi connectivity index (χ0v) is 5.59. The van der Waals surface area contributed by atoms with Crippen LogP contribution in [0.3, 0.4) is 0 Å². The van der Waals surface area contributed by atoms with Crippen molar-refractivity contribution in [3.05, 3.63) is 23.2 Å². The molecule has 0 radical (unpaired) electrons. The maximum absolute atomic E-state index is 5.74. The van der Waals surface area contributed by atoms with Crippen LogP contribution < -0.4 is 0 Å². The quantitative estimate of drug-likeness (QED) is 0.531. The number of hydrogen-bond donors (Lipinski definition) is 0. The van der Waals surface area contributed by atoms with Gasteiger partial charge in [0.2, 0.25) is 0 Å². The van der Waals surface area contributed by atoms with Crippen LogP contribution in [0.25, 0.3) is 9.40 Å². The summed E-state index contributed by atoms with van der Waals surface area (Å²) in [6, 6.07) is 6.11. The van der Waals surface area contributed by atoms with E-state index in [1.807, 2.05) is 12.1 Å². The highest BCUT2D eigenvalue weighted by molar-refractivity contribution is 7.24. The highest BCUT2D eigenvalue weighted by Crippen LogP contribution is 2.31. The molecule has 0 aliphatic rings. The molecule has 0 amide bonds. The second-order valence-corrected chi connectivity index (χ2v) is 3.22. The Kier molecular flexibility index (Phi) is 0.783. The predicted molar refractivity (Wildman–Crippen MR) is 38.0 cm³/mol. The molecular weight excluding hydrogens is 140 g/mol. The molecule has 0 fully saturated rings. The van der Waals surface area contributed by atoms with Crippen molar-refractivity contribution in [2.45, 2.75) is 0 Å². The molecule has 40 valence electrons.